The lowest BCUT2D eigenvalue weighted by molar-refractivity contribution is 0.595. The molecule has 0 aliphatic rings. The molecule has 90 valence electrons. The minimum Gasteiger partial charge on any atom is -0.324 e. The third kappa shape index (κ3) is 4.14. The van der Waals surface area contributed by atoms with Gasteiger partial charge in [-0.25, -0.2) is 4.39 Å². The molecule has 0 heterocycles. The number of hydrogen-bond acceptors (Lipinski definition) is 2. The van der Waals surface area contributed by atoms with E-state index in [1.54, 1.807) is 17.8 Å². The van der Waals surface area contributed by atoms with E-state index in [0.29, 0.717) is 5.92 Å². The van der Waals surface area contributed by atoms with Crippen LogP contribution < -0.4 is 5.73 Å². The highest BCUT2D eigenvalue weighted by Gasteiger charge is 2.06. The molecule has 0 spiro atoms. The zero-order chi connectivity index (χ0) is 12.1. The lowest BCUT2D eigenvalue weighted by Gasteiger charge is -2.09. The molecule has 2 N–H and O–H groups in total. The predicted octanol–water partition coefficient (Wildman–Crippen LogP) is 3.98. The van der Waals surface area contributed by atoms with Crippen LogP contribution in [0.15, 0.2) is 23.1 Å². The van der Waals surface area contributed by atoms with Crippen LogP contribution in [-0.2, 0) is 0 Å². The molecule has 0 unspecified atom stereocenters. The highest BCUT2D eigenvalue weighted by molar-refractivity contribution is 7.99. The van der Waals surface area contributed by atoms with Crippen LogP contribution in [0.25, 0.3) is 0 Å². The first-order chi connectivity index (χ1) is 7.50. The van der Waals surface area contributed by atoms with Crippen LogP contribution in [0.5, 0.6) is 0 Å². The number of nitrogens with two attached hydrogens (primary N) is 1. The Balaban J connectivity index is 2.61. The fourth-order valence-corrected chi connectivity index (χ4v) is 2.49. The Labute approximate surface area is 102 Å². The minimum absolute atomic E-state index is 0.107. The van der Waals surface area contributed by atoms with Crippen LogP contribution in [-0.4, -0.2) is 5.75 Å². The number of rotatable bonds is 5. The van der Waals surface area contributed by atoms with Gasteiger partial charge in [-0.1, -0.05) is 19.9 Å². The van der Waals surface area contributed by atoms with Gasteiger partial charge in [0.15, 0.2) is 0 Å². The average molecular weight is 241 g/mol. The highest BCUT2D eigenvalue weighted by atomic mass is 32.2. The third-order valence-corrected chi connectivity index (χ3v) is 3.52. The molecule has 0 bridgehead atoms. The van der Waals surface area contributed by atoms with Gasteiger partial charge in [-0.3, -0.25) is 0 Å². The van der Waals surface area contributed by atoms with Crippen molar-refractivity contribution in [2.75, 3.05) is 5.75 Å². The number of halogens is 1. The second-order valence-electron chi connectivity index (χ2n) is 4.51. The second kappa shape index (κ2) is 6.26. The van der Waals surface area contributed by atoms with Crippen LogP contribution in [0.2, 0.25) is 0 Å². The molecule has 0 saturated carbocycles. The number of benzene rings is 1. The molecule has 3 heteroatoms. The fraction of sp³-hybridized carbons (Fsp3) is 0.538. The van der Waals surface area contributed by atoms with Crippen molar-refractivity contribution in [2.24, 2.45) is 11.7 Å². The smallest absolute Gasteiger partial charge is 0.137 e. The van der Waals surface area contributed by atoms with Crippen LogP contribution in [0.4, 0.5) is 4.39 Å². The molecule has 1 atom stereocenters. The Kier molecular flexibility index (Phi) is 5.29. The van der Waals surface area contributed by atoms with Crippen LogP contribution in [0, 0.1) is 11.7 Å². The molecule has 0 saturated heterocycles. The first-order valence-corrected chi connectivity index (χ1v) is 6.67. The summed E-state index contributed by atoms with van der Waals surface area (Å²) in [5, 5.41) is 0. The number of thioether (sulfide) groups is 1. The Hall–Kier alpha value is -0.540. The van der Waals surface area contributed by atoms with Gasteiger partial charge in [-0.15, -0.1) is 11.8 Å². The molecular weight excluding hydrogens is 221 g/mol. The van der Waals surface area contributed by atoms with Crippen molar-refractivity contribution in [1.82, 2.24) is 0 Å². The molecular formula is C13H20FNS. The summed E-state index contributed by atoms with van der Waals surface area (Å²) >= 11 is 1.58. The fourth-order valence-electron chi connectivity index (χ4n) is 1.32. The van der Waals surface area contributed by atoms with Crippen molar-refractivity contribution in [3.05, 3.63) is 29.6 Å². The van der Waals surface area contributed by atoms with Crippen molar-refractivity contribution in [2.45, 2.75) is 38.1 Å². The van der Waals surface area contributed by atoms with E-state index in [2.05, 4.69) is 13.8 Å². The SMILES string of the molecule is CC(C)CCSc1ccc([C@@H](C)N)cc1F. The first-order valence-electron chi connectivity index (χ1n) is 5.68. The van der Waals surface area contributed by atoms with Crippen molar-refractivity contribution < 1.29 is 4.39 Å². The van der Waals surface area contributed by atoms with E-state index < -0.39 is 0 Å². The third-order valence-electron chi connectivity index (χ3n) is 2.43. The Morgan fingerprint density at radius 2 is 2.00 bits per heavy atom. The quantitative estimate of drug-likeness (QED) is 0.789. The summed E-state index contributed by atoms with van der Waals surface area (Å²) in [7, 11) is 0. The maximum absolute atomic E-state index is 13.7. The van der Waals surface area contributed by atoms with Crippen molar-refractivity contribution in [3.8, 4) is 0 Å². The molecule has 0 aromatic heterocycles. The van der Waals surface area contributed by atoms with Gasteiger partial charge >= 0.3 is 0 Å². The zero-order valence-electron chi connectivity index (χ0n) is 10.2. The van der Waals surface area contributed by atoms with Crippen LogP contribution >= 0.6 is 11.8 Å². The van der Waals surface area contributed by atoms with Gasteiger partial charge in [-0.2, -0.15) is 0 Å². The minimum atomic E-state index is -0.149. The average Bonchev–Trinajstić information content (AvgIpc) is 2.19. The van der Waals surface area contributed by atoms with Crippen LogP contribution in [0.3, 0.4) is 0 Å². The lowest BCUT2D eigenvalue weighted by atomic mass is 10.1. The van der Waals surface area contributed by atoms with Gasteiger partial charge in [0.2, 0.25) is 0 Å². The Morgan fingerprint density at radius 1 is 1.31 bits per heavy atom. The molecule has 1 aromatic rings. The van der Waals surface area contributed by atoms with E-state index in [-0.39, 0.29) is 11.9 Å². The normalized spacial score (nSPS) is 13.1. The van der Waals surface area contributed by atoms with E-state index in [1.807, 2.05) is 19.1 Å². The summed E-state index contributed by atoms with van der Waals surface area (Å²) in [6, 6.07) is 5.18. The maximum atomic E-state index is 13.7. The van der Waals surface area contributed by atoms with E-state index in [1.165, 1.54) is 0 Å². The standard InChI is InChI=1S/C13H20FNS/c1-9(2)6-7-16-13-5-4-11(10(3)15)8-12(13)14/h4-5,8-10H,6-7,15H2,1-3H3/t10-/m1/s1. The molecule has 16 heavy (non-hydrogen) atoms. The van der Waals surface area contributed by atoms with E-state index >= 15 is 0 Å². The van der Waals surface area contributed by atoms with Crippen molar-refractivity contribution in [3.63, 3.8) is 0 Å². The van der Waals surface area contributed by atoms with Gasteiger partial charge < -0.3 is 5.73 Å². The van der Waals surface area contributed by atoms with Gasteiger partial charge in [-0.05, 0) is 42.7 Å². The molecule has 0 radical (unpaired) electrons. The van der Waals surface area contributed by atoms with Gasteiger partial charge in [0.05, 0.1) is 0 Å². The highest BCUT2D eigenvalue weighted by Crippen LogP contribution is 2.25. The van der Waals surface area contributed by atoms with Gasteiger partial charge in [0.1, 0.15) is 5.82 Å². The summed E-state index contributed by atoms with van der Waals surface area (Å²) in [5.74, 6) is 1.48. The van der Waals surface area contributed by atoms with Crippen LogP contribution in [0.1, 0.15) is 38.8 Å². The Bertz CT molecular complexity index is 337. The monoisotopic (exact) mass is 241 g/mol. The number of hydrogen-bond donors (Lipinski definition) is 1. The first kappa shape index (κ1) is 13.5. The largest absolute Gasteiger partial charge is 0.324 e. The topological polar surface area (TPSA) is 26.0 Å². The molecule has 0 aliphatic carbocycles. The van der Waals surface area contributed by atoms with E-state index in [4.69, 9.17) is 5.73 Å². The van der Waals surface area contributed by atoms with Gasteiger partial charge in [0.25, 0.3) is 0 Å². The molecule has 0 aliphatic heterocycles. The predicted molar refractivity (Wildman–Crippen MR) is 69.2 cm³/mol. The van der Waals surface area contributed by atoms with Crippen molar-refractivity contribution >= 4 is 11.8 Å². The summed E-state index contributed by atoms with van der Waals surface area (Å²) in [6.07, 6.45) is 1.11. The molecule has 1 aromatic carbocycles. The lowest BCUT2D eigenvalue weighted by Crippen LogP contribution is -2.05. The Morgan fingerprint density at radius 3 is 2.50 bits per heavy atom. The second-order valence-corrected chi connectivity index (χ2v) is 5.65. The summed E-state index contributed by atoms with van der Waals surface area (Å²) < 4.78 is 13.7. The van der Waals surface area contributed by atoms with Crippen molar-refractivity contribution in [1.29, 1.82) is 0 Å². The molecule has 1 rings (SSSR count). The summed E-state index contributed by atoms with van der Waals surface area (Å²) in [4.78, 5) is 0.727. The summed E-state index contributed by atoms with van der Waals surface area (Å²) in [5.41, 5.74) is 6.55. The maximum Gasteiger partial charge on any atom is 0.137 e. The molecule has 0 amide bonds. The van der Waals surface area contributed by atoms with E-state index in [0.717, 1.165) is 22.6 Å². The van der Waals surface area contributed by atoms with Gasteiger partial charge in [0, 0.05) is 10.9 Å². The zero-order valence-corrected chi connectivity index (χ0v) is 11.0. The summed E-state index contributed by atoms with van der Waals surface area (Å²) in [6.45, 7) is 6.21. The molecule has 1 nitrogen and oxygen atoms in total. The molecule has 0 fully saturated rings. The van der Waals surface area contributed by atoms with E-state index in [9.17, 15) is 4.39 Å².